The molecule has 0 N–H and O–H groups in total. The lowest BCUT2D eigenvalue weighted by atomic mass is 9.97. The van der Waals surface area contributed by atoms with Crippen LogP contribution in [0.3, 0.4) is 0 Å². The van der Waals surface area contributed by atoms with Gasteiger partial charge in [-0.15, -0.1) is 0 Å². The Labute approximate surface area is 395 Å². The van der Waals surface area contributed by atoms with Gasteiger partial charge >= 0.3 is 0 Å². The molecular weight excluding hydrogens is 859 g/mol. The normalized spacial score (nSPS) is 13.3. The molecule has 7 nitrogen and oxygen atoms in total. The van der Waals surface area contributed by atoms with Crippen LogP contribution >= 0.6 is 0 Å². The zero-order chi connectivity index (χ0) is 46.4. The van der Waals surface area contributed by atoms with Gasteiger partial charge in [0.15, 0.2) is 11.4 Å². The Morgan fingerprint density at radius 1 is 0.623 bits per heavy atom. The van der Waals surface area contributed by atoms with Gasteiger partial charge in [-0.05, 0) is 126 Å². The van der Waals surface area contributed by atoms with E-state index in [1.54, 1.807) is 24.3 Å². The van der Waals surface area contributed by atoms with Crippen molar-refractivity contribution in [2.24, 2.45) is 15.0 Å². The van der Waals surface area contributed by atoms with Crippen LogP contribution < -0.4 is 0 Å². The predicted octanol–water partition coefficient (Wildman–Crippen LogP) is 15.1. The first-order valence-electron chi connectivity index (χ1n) is 22.7. The molecule has 8 aromatic carbocycles. The fourth-order valence-corrected chi connectivity index (χ4v) is 9.43. The van der Waals surface area contributed by atoms with E-state index in [0.29, 0.717) is 23.0 Å². The van der Waals surface area contributed by atoms with Crippen molar-refractivity contribution in [3.8, 4) is 27.9 Å². The second kappa shape index (κ2) is 17.3. The van der Waals surface area contributed by atoms with Gasteiger partial charge in [-0.25, -0.2) is 23.7 Å². The largest absolute Gasteiger partial charge is 0.436 e. The van der Waals surface area contributed by atoms with Crippen LogP contribution in [-0.2, 0) is 6.54 Å². The van der Waals surface area contributed by atoms with E-state index >= 15 is 0 Å². The molecule has 69 heavy (non-hydrogen) atoms. The number of para-hydroxylation sites is 2. The molecule has 3 heterocycles. The van der Waals surface area contributed by atoms with Gasteiger partial charge in [0.2, 0.25) is 11.9 Å². The number of aromatic nitrogens is 3. The molecule has 0 atom stereocenters. The Hall–Kier alpha value is -9.08. The van der Waals surface area contributed by atoms with E-state index in [1.165, 1.54) is 24.3 Å². The minimum absolute atomic E-state index is 0.186. The monoisotopic (exact) mass is 898 g/mol. The molecule has 0 saturated heterocycles. The number of oxazole rings is 1. The highest BCUT2D eigenvalue weighted by molar-refractivity contribution is 6.26. The minimum Gasteiger partial charge on any atom is -0.436 e. The first-order chi connectivity index (χ1) is 34.0. The molecule has 0 spiro atoms. The van der Waals surface area contributed by atoms with Crippen LogP contribution in [0, 0.1) is 11.6 Å². The quantitative estimate of drug-likeness (QED) is 0.118. The third-order valence-electron chi connectivity index (χ3n) is 12.7. The van der Waals surface area contributed by atoms with Gasteiger partial charge in [-0.2, -0.15) is 4.99 Å². The number of hydrogen-bond acceptors (Lipinski definition) is 3. The fraction of sp³-hybridized carbons (Fsp3) is 0.0333. The van der Waals surface area contributed by atoms with Gasteiger partial charge in [-0.1, -0.05) is 121 Å². The highest BCUT2D eigenvalue weighted by Crippen LogP contribution is 2.42. The van der Waals surface area contributed by atoms with Crippen molar-refractivity contribution in [3.05, 3.63) is 235 Å². The van der Waals surface area contributed by atoms with Crippen LogP contribution in [0.1, 0.15) is 23.4 Å². The SMILES string of the molecule is C=N/C(=N\C(=N/Cc1ccc(F)cc1)n1c2ccccc2c2ccc3c4ccccc4n(-c4cc(-c5ccccc5)cc(-c5ccc6oc(C7=CC=CCC=C7)nc6c5)c4)c3c21)c1ccc(F)cc1. The van der Waals surface area contributed by atoms with E-state index in [2.05, 4.69) is 142 Å². The van der Waals surface area contributed by atoms with Crippen molar-refractivity contribution in [2.45, 2.75) is 13.0 Å². The van der Waals surface area contributed by atoms with Gasteiger partial charge in [0, 0.05) is 38.4 Å². The lowest BCUT2D eigenvalue weighted by molar-refractivity contribution is 0.586. The standard InChI is InChI=1S/C60H40F2N6O/c1-63-58(40-23-28-46(62)29-24-40)66-60(64-37-38-21-26-45(61)27-22-38)68-54-20-12-10-18-49(54)51-31-30-50-48-17-9-11-19-53(48)67(56(50)57(51)68)47-34-43(39-13-7-4-8-14-39)33-44(35-47)42-25-32-55-52(36-42)65-59(69-55)41-15-5-2-3-6-16-41/h2,4-36H,1,3,37H2/b64-60+,66-58-. The van der Waals surface area contributed by atoms with Crippen LogP contribution in [-0.4, -0.2) is 32.6 Å². The summed E-state index contributed by atoms with van der Waals surface area (Å²) in [6.07, 6.45) is 11.2. The summed E-state index contributed by atoms with van der Waals surface area (Å²) < 4.78 is 39.2. The summed E-state index contributed by atoms with van der Waals surface area (Å²) in [7, 11) is 0. The number of rotatable bonds is 7. The average molecular weight is 899 g/mol. The van der Waals surface area contributed by atoms with E-state index in [4.69, 9.17) is 19.4 Å². The number of halogens is 2. The smallest absolute Gasteiger partial charge is 0.232 e. The third-order valence-corrected chi connectivity index (χ3v) is 12.7. The minimum atomic E-state index is -0.379. The van der Waals surface area contributed by atoms with Crippen LogP contribution in [0.25, 0.3) is 88.2 Å². The summed E-state index contributed by atoms with van der Waals surface area (Å²) in [4.78, 5) is 19.7. The summed E-state index contributed by atoms with van der Waals surface area (Å²) in [6, 6.07) is 56.7. The highest BCUT2D eigenvalue weighted by Gasteiger charge is 2.24. The zero-order valence-corrected chi connectivity index (χ0v) is 37.1. The van der Waals surface area contributed by atoms with E-state index < -0.39 is 0 Å². The van der Waals surface area contributed by atoms with E-state index in [0.717, 1.165) is 94.6 Å². The van der Waals surface area contributed by atoms with Crippen molar-refractivity contribution < 1.29 is 13.2 Å². The van der Waals surface area contributed by atoms with Crippen LogP contribution in [0.4, 0.5) is 8.78 Å². The van der Waals surface area contributed by atoms with Gasteiger partial charge in [0.05, 0.1) is 28.6 Å². The van der Waals surface area contributed by atoms with Gasteiger partial charge in [0.25, 0.3) is 0 Å². The molecule has 0 aliphatic heterocycles. The maximum Gasteiger partial charge on any atom is 0.232 e. The van der Waals surface area contributed by atoms with E-state index in [9.17, 15) is 8.78 Å². The number of benzene rings is 8. The molecule has 330 valence electrons. The van der Waals surface area contributed by atoms with Crippen molar-refractivity contribution >= 4 is 78.8 Å². The first-order valence-corrected chi connectivity index (χ1v) is 22.7. The number of fused-ring (bicyclic) bond motifs is 8. The Morgan fingerprint density at radius 3 is 2.07 bits per heavy atom. The lowest BCUT2D eigenvalue weighted by Gasteiger charge is -2.16. The fourth-order valence-electron chi connectivity index (χ4n) is 9.43. The Bertz CT molecular complexity index is 3980. The molecule has 0 fully saturated rings. The van der Waals surface area contributed by atoms with Crippen molar-refractivity contribution in [2.75, 3.05) is 0 Å². The summed E-state index contributed by atoms with van der Waals surface area (Å²) in [5.41, 5.74) is 12.5. The van der Waals surface area contributed by atoms with Crippen LogP contribution in [0.15, 0.2) is 226 Å². The van der Waals surface area contributed by atoms with Gasteiger partial charge in [0.1, 0.15) is 17.2 Å². The van der Waals surface area contributed by atoms with Gasteiger partial charge < -0.3 is 8.98 Å². The molecule has 0 radical (unpaired) electrons. The Balaban J connectivity index is 1.14. The average Bonchev–Trinajstić information content (AvgIpc) is 3.99. The topological polar surface area (TPSA) is 73.0 Å². The molecule has 0 unspecified atom stereocenters. The first kappa shape index (κ1) is 41.4. The van der Waals surface area contributed by atoms with Crippen molar-refractivity contribution in [1.29, 1.82) is 0 Å². The lowest BCUT2D eigenvalue weighted by Crippen LogP contribution is -2.14. The molecule has 1 aliphatic carbocycles. The summed E-state index contributed by atoms with van der Waals surface area (Å²) in [5, 5.41) is 4.09. The van der Waals surface area contributed by atoms with Crippen molar-refractivity contribution in [3.63, 3.8) is 0 Å². The molecule has 9 heteroatoms. The summed E-state index contributed by atoms with van der Waals surface area (Å²) >= 11 is 0. The number of nitrogens with zero attached hydrogens (tertiary/aromatic N) is 6. The van der Waals surface area contributed by atoms with Gasteiger partial charge in [-0.3, -0.25) is 4.57 Å². The molecule has 0 amide bonds. The van der Waals surface area contributed by atoms with Crippen molar-refractivity contribution in [1.82, 2.24) is 14.1 Å². The number of amidine groups is 1. The molecule has 3 aromatic heterocycles. The molecule has 1 aliphatic rings. The molecule has 11 aromatic rings. The second-order valence-corrected chi connectivity index (χ2v) is 16.9. The van der Waals surface area contributed by atoms with E-state index in [1.807, 2.05) is 36.4 Å². The number of aliphatic imine (C=N–C) groups is 3. The molecule has 0 saturated carbocycles. The number of allylic oxidation sites excluding steroid dienone is 6. The Morgan fingerprint density at radius 2 is 1.30 bits per heavy atom. The number of hydrogen-bond donors (Lipinski definition) is 0. The predicted molar refractivity (Wildman–Crippen MR) is 279 cm³/mol. The second-order valence-electron chi connectivity index (χ2n) is 16.9. The maximum atomic E-state index is 14.3. The molecule has 12 rings (SSSR count). The maximum absolute atomic E-state index is 14.3. The zero-order valence-electron chi connectivity index (χ0n) is 37.1. The van der Waals surface area contributed by atoms with Crippen LogP contribution in [0.2, 0.25) is 0 Å². The highest BCUT2D eigenvalue weighted by atomic mass is 19.1. The third kappa shape index (κ3) is 7.56. The van der Waals surface area contributed by atoms with Crippen LogP contribution in [0.5, 0.6) is 0 Å². The summed E-state index contributed by atoms with van der Waals surface area (Å²) in [6.45, 7) is 4.07. The molecular formula is C60H40F2N6O. The van der Waals surface area contributed by atoms with E-state index in [-0.39, 0.29) is 24.0 Å². The molecule has 0 bridgehead atoms. The summed E-state index contributed by atoms with van der Waals surface area (Å²) in [5.74, 6) is 0.454. The Kier molecular flexibility index (Phi) is 10.4.